The normalized spacial score (nSPS) is 10.4. The summed E-state index contributed by atoms with van der Waals surface area (Å²) in [4.78, 5) is 4.29. The molecule has 0 saturated heterocycles. The van der Waals surface area contributed by atoms with Crippen molar-refractivity contribution in [2.45, 2.75) is 30.7 Å². The monoisotopic (exact) mass is 382 g/mol. The first-order valence-electron chi connectivity index (χ1n) is 8.38. The molecule has 26 heavy (non-hydrogen) atoms. The van der Waals surface area contributed by atoms with Crippen molar-refractivity contribution in [3.05, 3.63) is 58.9 Å². The van der Waals surface area contributed by atoms with Gasteiger partial charge in [-0.3, -0.25) is 4.98 Å². The molecule has 2 aromatic heterocycles. The molecular weight excluding hydrogens is 364 g/mol. The van der Waals surface area contributed by atoms with Crippen LogP contribution in [0, 0.1) is 11.8 Å². The number of thioether (sulfide) groups is 1. The standard InChI is InChI=1S/C20H19ClN4S/c1-3-4-5-6-16-11-17(13-22-12-16)19-23-24-20(25(19)2)26-14-15-7-9-18(21)10-8-15/h7-13H,3-4,14H2,1-2H3. The first-order valence-corrected chi connectivity index (χ1v) is 9.74. The van der Waals surface area contributed by atoms with Crippen molar-refractivity contribution in [3.8, 4) is 23.2 Å². The summed E-state index contributed by atoms with van der Waals surface area (Å²) in [5.74, 6) is 7.89. The van der Waals surface area contributed by atoms with E-state index in [1.165, 1.54) is 5.56 Å². The fourth-order valence-electron chi connectivity index (χ4n) is 2.34. The highest BCUT2D eigenvalue weighted by atomic mass is 35.5. The van der Waals surface area contributed by atoms with Crippen molar-refractivity contribution in [3.63, 3.8) is 0 Å². The van der Waals surface area contributed by atoms with Gasteiger partial charge in [0.1, 0.15) is 0 Å². The number of aromatic nitrogens is 4. The van der Waals surface area contributed by atoms with E-state index in [4.69, 9.17) is 11.6 Å². The van der Waals surface area contributed by atoms with Gasteiger partial charge in [0.2, 0.25) is 0 Å². The number of unbranched alkanes of at least 4 members (excludes halogenated alkanes) is 1. The molecule has 2 heterocycles. The number of benzene rings is 1. The molecule has 0 radical (unpaired) electrons. The van der Waals surface area contributed by atoms with Gasteiger partial charge in [-0.05, 0) is 30.2 Å². The lowest BCUT2D eigenvalue weighted by Gasteiger charge is -2.04. The number of rotatable bonds is 5. The minimum absolute atomic E-state index is 0.745. The van der Waals surface area contributed by atoms with Crippen molar-refractivity contribution in [2.75, 3.05) is 0 Å². The Morgan fingerprint density at radius 3 is 2.73 bits per heavy atom. The van der Waals surface area contributed by atoms with Crippen LogP contribution < -0.4 is 0 Å². The quantitative estimate of drug-likeness (QED) is 0.461. The molecule has 0 spiro atoms. The summed E-state index contributed by atoms with van der Waals surface area (Å²) < 4.78 is 1.99. The van der Waals surface area contributed by atoms with E-state index in [9.17, 15) is 0 Å². The highest BCUT2D eigenvalue weighted by molar-refractivity contribution is 7.98. The van der Waals surface area contributed by atoms with Gasteiger partial charge in [0.05, 0.1) is 0 Å². The third-order valence-corrected chi connectivity index (χ3v) is 5.06. The van der Waals surface area contributed by atoms with Crippen molar-refractivity contribution in [1.82, 2.24) is 19.7 Å². The van der Waals surface area contributed by atoms with E-state index in [-0.39, 0.29) is 0 Å². The number of nitrogens with zero attached hydrogens (tertiary/aromatic N) is 4. The first kappa shape index (κ1) is 18.5. The van der Waals surface area contributed by atoms with Crippen LogP contribution in [0.3, 0.4) is 0 Å². The molecular formula is C20H19ClN4S. The van der Waals surface area contributed by atoms with Crippen LogP contribution in [0.5, 0.6) is 0 Å². The van der Waals surface area contributed by atoms with Gasteiger partial charge in [0.25, 0.3) is 0 Å². The third kappa shape index (κ3) is 4.66. The van der Waals surface area contributed by atoms with Crippen LogP contribution in [-0.4, -0.2) is 19.7 Å². The predicted octanol–water partition coefficient (Wildman–Crippen LogP) is 4.97. The van der Waals surface area contributed by atoms with Gasteiger partial charge in [-0.25, -0.2) is 0 Å². The molecule has 0 aliphatic rings. The van der Waals surface area contributed by atoms with Crippen molar-refractivity contribution >= 4 is 23.4 Å². The molecule has 0 aliphatic heterocycles. The largest absolute Gasteiger partial charge is 0.305 e. The highest BCUT2D eigenvalue weighted by Gasteiger charge is 2.12. The molecule has 0 unspecified atom stereocenters. The lowest BCUT2D eigenvalue weighted by atomic mass is 10.2. The Hall–Kier alpha value is -2.29. The molecule has 3 aromatic rings. The van der Waals surface area contributed by atoms with Crippen LogP contribution in [0.4, 0.5) is 0 Å². The molecule has 3 rings (SSSR count). The van der Waals surface area contributed by atoms with E-state index < -0.39 is 0 Å². The van der Waals surface area contributed by atoms with Crippen molar-refractivity contribution < 1.29 is 0 Å². The van der Waals surface area contributed by atoms with Gasteiger partial charge in [-0.2, -0.15) is 0 Å². The van der Waals surface area contributed by atoms with E-state index in [0.717, 1.165) is 45.7 Å². The summed E-state index contributed by atoms with van der Waals surface area (Å²) in [6.45, 7) is 2.12. The minimum atomic E-state index is 0.745. The summed E-state index contributed by atoms with van der Waals surface area (Å²) >= 11 is 7.57. The number of pyridine rings is 1. The van der Waals surface area contributed by atoms with Crippen LogP contribution >= 0.6 is 23.4 Å². The Morgan fingerprint density at radius 2 is 1.96 bits per heavy atom. The maximum absolute atomic E-state index is 5.93. The molecule has 0 N–H and O–H groups in total. The van der Waals surface area contributed by atoms with Gasteiger partial charge in [-0.15, -0.1) is 10.2 Å². The number of hydrogen-bond donors (Lipinski definition) is 0. The molecule has 4 nitrogen and oxygen atoms in total. The van der Waals surface area contributed by atoms with E-state index >= 15 is 0 Å². The summed E-state index contributed by atoms with van der Waals surface area (Å²) in [6, 6.07) is 9.85. The number of halogens is 1. The smallest absolute Gasteiger partial charge is 0.191 e. The Labute approximate surface area is 163 Å². The average Bonchev–Trinajstić information content (AvgIpc) is 3.02. The zero-order chi connectivity index (χ0) is 18.4. The zero-order valence-corrected chi connectivity index (χ0v) is 16.3. The zero-order valence-electron chi connectivity index (χ0n) is 14.7. The minimum Gasteiger partial charge on any atom is -0.305 e. The second kappa shape index (κ2) is 8.88. The second-order valence-electron chi connectivity index (χ2n) is 5.79. The van der Waals surface area contributed by atoms with E-state index in [1.54, 1.807) is 24.2 Å². The summed E-state index contributed by atoms with van der Waals surface area (Å²) in [5.41, 5.74) is 3.01. The van der Waals surface area contributed by atoms with E-state index in [0.29, 0.717) is 0 Å². The van der Waals surface area contributed by atoms with Gasteiger partial charge in [0.15, 0.2) is 11.0 Å². The number of hydrogen-bond acceptors (Lipinski definition) is 4. The molecule has 132 valence electrons. The summed E-state index contributed by atoms with van der Waals surface area (Å²) in [6.07, 6.45) is 5.51. The molecule has 6 heteroatoms. The molecule has 0 fully saturated rings. The lowest BCUT2D eigenvalue weighted by molar-refractivity contribution is 0.793. The summed E-state index contributed by atoms with van der Waals surface area (Å²) in [5, 5.41) is 10.3. The third-order valence-electron chi connectivity index (χ3n) is 3.72. The van der Waals surface area contributed by atoms with Crippen LogP contribution in [0.15, 0.2) is 47.9 Å². The molecule has 0 atom stereocenters. The predicted molar refractivity (Wildman–Crippen MR) is 107 cm³/mol. The van der Waals surface area contributed by atoms with Crippen LogP contribution in [0.1, 0.15) is 30.9 Å². The van der Waals surface area contributed by atoms with E-state index in [1.807, 2.05) is 41.9 Å². The van der Waals surface area contributed by atoms with Gasteiger partial charge in [-0.1, -0.05) is 54.3 Å². The molecule has 0 bridgehead atoms. The van der Waals surface area contributed by atoms with Gasteiger partial charge in [0, 0.05) is 47.8 Å². The lowest BCUT2D eigenvalue weighted by Crippen LogP contribution is -1.96. The maximum atomic E-state index is 5.93. The van der Waals surface area contributed by atoms with Crippen molar-refractivity contribution in [1.29, 1.82) is 0 Å². The van der Waals surface area contributed by atoms with Crippen LogP contribution in [-0.2, 0) is 12.8 Å². The average molecular weight is 383 g/mol. The Bertz CT molecular complexity index is 938. The van der Waals surface area contributed by atoms with Crippen LogP contribution in [0.2, 0.25) is 5.02 Å². The second-order valence-corrected chi connectivity index (χ2v) is 7.17. The molecule has 0 aliphatic carbocycles. The van der Waals surface area contributed by atoms with Gasteiger partial charge < -0.3 is 4.57 Å². The first-order chi connectivity index (χ1) is 12.7. The van der Waals surface area contributed by atoms with E-state index in [2.05, 4.69) is 33.9 Å². The SMILES string of the molecule is CCCC#Cc1cncc(-c2nnc(SCc3ccc(Cl)cc3)n2C)c1. The topological polar surface area (TPSA) is 43.6 Å². The van der Waals surface area contributed by atoms with Crippen LogP contribution in [0.25, 0.3) is 11.4 Å². The fourth-order valence-corrected chi connectivity index (χ4v) is 3.33. The van der Waals surface area contributed by atoms with Crippen molar-refractivity contribution in [2.24, 2.45) is 7.05 Å². The Morgan fingerprint density at radius 1 is 1.15 bits per heavy atom. The Kier molecular flexibility index (Phi) is 6.32. The molecule has 0 amide bonds. The highest BCUT2D eigenvalue weighted by Crippen LogP contribution is 2.25. The molecule has 1 aromatic carbocycles. The molecule has 0 saturated carbocycles. The Balaban J connectivity index is 1.75. The summed E-state index contributed by atoms with van der Waals surface area (Å²) in [7, 11) is 1.97. The fraction of sp³-hybridized carbons (Fsp3) is 0.250. The van der Waals surface area contributed by atoms with Gasteiger partial charge >= 0.3 is 0 Å². The maximum Gasteiger partial charge on any atom is 0.191 e.